The smallest absolute Gasteiger partial charge is 0.239 e. The first-order chi connectivity index (χ1) is 9.45. The molecule has 6 heteroatoms. The Hall–Kier alpha value is -1.82. The van der Waals surface area contributed by atoms with Crippen molar-refractivity contribution in [3.63, 3.8) is 0 Å². The van der Waals surface area contributed by atoms with E-state index in [-0.39, 0.29) is 11.9 Å². The lowest BCUT2D eigenvalue weighted by atomic mass is 10.1. The van der Waals surface area contributed by atoms with Gasteiger partial charge in [-0.15, -0.1) is 0 Å². The minimum atomic E-state index is -0.0555. The number of amides is 1. The molecule has 1 atom stereocenters. The van der Waals surface area contributed by atoms with Crippen molar-refractivity contribution >= 4 is 17.3 Å². The SMILES string of the molecule is COc1nccc(N(C)C)c1NC(=O)CCCC(C)N. The van der Waals surface area contributed by atoms with Gasteiger partial charge in [-0.3, -0.25) is 4.79 Å². The molecular formula is C14H24N4O2. The van der Waals surface area contributed by atoms with Gasteiger partial charge in [0.1, 0.15) is 5.69 Å². The van der Waals surface area contributed by atoms with Crippen LogP contribution in [0.25, 0.3) is 0 Å². The van der Waals surface area contributed by atoms with Crippen LogP contribution in [0.5, 0.6) is 5.88 Å². The Morgan fingerprint density at radius 2 is 2.25 bits per heavy atom. The Kier molecular flexibility index (Phi) is 6.24. The van der Waals surface area contributed by atoms with E-state index >= 15 is 0 Å². The van der Waals surface area contributed by atoms with Gasteiger partial charge in [0.15, 0.2) is 0 Å². The second kappa shape index (κ2) is 7.69. The molecule has 1 aromatic rings. The number of methoxy groups -OCH3 is 1. The summed E-state index contributed by atoms with van der Waals surface area (Å²) >= 11 is 0. The van der Waals surface area contributed by atoms with Gasteiger partial charge in [0.25, 0.3) is 0 Å². The minimum absolute atomic E-state index is 0.0555. The summed E-state index contributed by atoms with van der Waals surface area (Å²) in [4.78, 5) is 18.0. The molecule has 0 aromatic carbocycles. The fourth-order valence-corrected chi connectivity index (χ4v) is 1.86. The molecule has 3 N–H and O–H groups in total. The van der Waals surface area contributed by atoms with Crippen LogP contribution in [0.15, 0.2) is 12.3 Å². The molecule has 0 fully saturated rings. The molecule has 1 heterocycles. The van der Waals surface area contributed by atoms with Gasteiger partial charge in [-0.1, -0.05) is 0 Å². The Morgan fingerprint density at radius 1 is 1.55 bits per heavy atom. The summed E-state index contributed by atoms with van der Waals surface area (Å²) in [5.41, 5.74) is 7.13. The van der Waals surface area contributed by atoms with E-state index in [0.29, 0.717) is 18.0 Å². The predicted molar refractivity (Wildman–Crippen MR) is 81.2 cm³/mol. The standard InChI is InChI=1S/C14H24N4O2/c1-10(15)6-5-7-12(19)17-13-11(18(2)3)8-9-16-14(13)20-4/h8-10H,5-7,15H2,1-4H3,(H,17,19). The van der Waals surface area contributed by atoms with Crippen LogP contribution < -0.4 is 20.7 Å². The molecule has 1 aromatic heterocycles. The van der Waals surface area contributed by atoms with Gasteiger partial charge in [0, 0.05) is 32.8 Å². The number of carbonyl (C=O) groups is 1. The second-order valence-corrected chi connectivity index (χ2v) is 5.03. The van der Waals surface area contributed by atoms with E-state index in [9.17, 15) is 4.79 Å². The van der Waals surface area contributed by atoms with Crippen molar-refractivity contribution in [3.8, 4) is 5.88 Å². The number of anilines is 2. The molecule has 20 heavy (non-hydrogen) atoms. The lowest BCUT2D eigenvalue weighted by Gasteiger charge is -2.19. The maximum absolute atomic E-state index is 12.0. The van der Waals surface area contributed by atoms with Gasteiger partial charge in [0.2, 0.25) is 11.8 Å². The molecule has 1 unspecified atom stereocenters. The number of nitrogens with zero attached hydrogens (tertiary/aromatic N) is 2. The van der Waals surface area contributed by atoms with Gasteiger partial charge < -0.3 is 20.7 Å². The Balaban J connectivity index is 2.77. The van der Waals surface area contributed by atoms with E-state index in [1.807, 2.05) is 32.0 Å². The van der Waals surface area contributed by atoms with E-state index in [2.05, 4.69) is 10.3 Å². The molecule has 0 spiro atoms. The first-order valence-electron chi connectivity index (χ1n) is 6.71. The zero-order valence-corrected chi connectivity index (χ0v) is 12.6. The summed E-state index contributed by atoms with van der Waals surface area (Å²) < 4.78 is 5.21. The van der Waals surface area contributed by atoms with Crippen molar-refractivity contribution in [3.05, 3.63) is 12.3 Å². The molecular weight excluding hydrogens is 256 g/mol. The molecule has 0 aliphatic rings. The van der Waals surface area contributed by atoms with Crippen molar-refractivity contribution in [1.82, 2.24) is 4.98 Å². The van der Waals surface area contributed by atoms with Crippen molar-refractivity contribution in [2.75, 3.05) is 31.4 Å². The predicted octanol–water partition coefficient (Wildman–Crippen LogP) is 1.61. The first kappa shape index (κ1) is 16.2. The normalized spacial score (nSPS) is 11.8. The van der Waals surface area contributed by atoms with Gasteiger partial charge in [-0.2, -0.15) is 0 Å². The quantitative estimate of drug-likeness (QED) is 0.793. The van der Waals surface area contributed by atoms with Crippen molar-refractivity contribution in [2.45, 2.75) is 32.2 Å². The number of ether oxygens (including phenoxy) is 1. The number of pyridine rings is 1. The largest absolute Gasteiger partial charge is 0.479 e. The summed E-state index contributed by atoms with van der Waals surface area (Å²) in [7, 11) is 5.34. The molecule has 0 saturated carbocycles. The fourth-order valence-electron chi connectivity index (χ4n) is 1.86. The first-order valence-corrected chi connectivity index (χ1v) is 6.71. The number of nitrogens with two attached hydrogens (primary N) is 1. The number of hydrogen-bond donors (Lipinski definition) is 2. The highest BCUT2D eigenvalue weighted by Crippen LogP contribution is 2.32. The van der Waals surface area contributed by atoms with Gasteiger partial charge >= 0.3 is 0 Å². The number of rotatable bonds is 7. The van der Waals surface area contributed by atoms with Crippen molar-refractivity contribution in [1.29, 1.82) is 0 Å². The van der Waals surface area contributed by atoms with Crippen LogP contribution in [-0.2, 0) is 4.79 Å². The van der Waals surface area contributed by atoms with Crippen molar-refractivity contribution < 1.29 is 9.53 Å². The molecule has 1 rings (SSSR count). The molecule has 6 nitrogen and oxygen atoms in total. The van der Waals surface area contributed by atoms with E-state index in [0.717, 1.165) is 18.5 Å². The molecule has 0 aliphatic heterocycles. The molecule has 0 saturated heterocycles. The van der Waals surface area contributed by atoms with E-state index < -0.39 is 0 Å². The van der Waals surface area contributed by atoms with Crippen LogP contribution in [-0.4, -0.2) is 38.1 Å². The number of hydrogen-bond acceptors (Lipinski definition) is 5. The molecule has 1 amide bonds. The summed E-state index contributed by atoms with van der Waals surface area (Å²) in [6, 6.07) is 1.95. The van der Waals surface area contributed by atoms with Crippen LogP contribution in [0, 0.1) is 0 Å². The third-order valence-corrected chi connectivity index (χ3v) is 2.90. The highest BCUT2D eigenvalue weighted by Gasteiger charge is 2.14. The zero-order valence-electron chi connectivity index (χ0n) is 12.6. The summed E-state index contributed by atoms with van der Waals surface area (Å²) in [5, 5.41) is 2.88. The Labute approximate surface area is 120 Å². The van der Waals surface area contributed by atoms with Gasteiger partial charge in [-0.05, 0) is 25.8 Å². The minimum Gasteiger partial charge on any atom is -0.479 e. The monoisotopic (exact) mass is 280 g/mol. The van der Waals surface area contributed by atoms with Gasteiger partial charge in [-0.25, -0.2) is 4.98 Å². The Morgan fingerprint density at radius 3 is 2.80 bits per heavy atom. The maximum Gasteiger partial charge on any atom is 0.239 e. The molecule has 112 valence electrons. The van der Waals surface area contributed by atoms with Crippen LogP contribution in [0.2, 0.25) is 0 Å². The third-order valence-electron chi connectivity index (χ3n) is 2.90. The van der Waals surface area contributed by atoms with Crippen LogP contribution in [0.4, 0.5) is 11.4 Å². The van der Waals surface area contributed by atoms with Crippen LogP contribution in [0.3, 0.4) is 0 Å². The average molecular weight is 280 g/mol. The fraction of sp³-hybridized carbons (Fsp3) is 0.571. The third kappa shape index (κ3) is 4.70. The van der Waals surface area contributed by atoms with Gasteiger partial charge in [0.05, 0.1) is 12.8 Å². The Bertz CT molecular complexity index is 447. The number of aromatic nitrogens is 1. The highest BCUT2D eigenvalue weighted by atomic mass is 16.5. The number of carbonyl (C=O) groups excluding carboxylic acids is 1. The topological polar surface area (TPSA) is 80.5 Å². The summed E-state index contributed by atoms with van der Waals surface area (Å²) in [6.45, 7) is 1.94. The second-order valence-electron chi connectivity index (χ2n) is 5.03. The van der Waals surface area contributed by atoms with E-state index in [1.165, 1.54) is 7.11 Å². The molecule has 0 aliphatic carbocycles. The van der Waals surface area contributed by atoms with E-state index in [1.54, 1.807) is 6.20 Å². The summed E-state index contributed by atoms with van der Waals surface area (Å²) in [6.07, 6.45) is 3.69. The van der Waals surface area contributed by atoms with Crippen molar-refractivity contribution in [2.24, 2.45) is 5.73 Å². The zero-order chi connectivity index (χ0) is 15.1. The van der Waals surface area contributed by atoms with E-state index in [4.69, 9.17) is 10.5 Å². The van der Waals surface area contributed by atoms with Crippen LogP contribution in [0.1, 0.15) is 26.2 Å². The van der Waals surface area contributed by atoms with Crippen LogP contribution >= 0.6 is 0 Å². The lowest BCUT2D eigenvalue weighted by molar-refractivity contribution is -0.116. The molecule has 0 bridgehead atoms. The summed E-state index contributed by atoms with van der Waals surface area (Å²) in [5.74, 6) is 0.358. The average Bonchev–Trinajstić information content (AvgIpc) is 2.38. The maximum atomic E-state index is 12.0. The highest BCUT2D eigenvalue weighted by molar-refractivity contribution is 5.95. The molecule has 0 radical (unpaired) electrons. The number of nitrogens with one attached hydrogen (secondary N) is 1. The lowest BCUT2D eigenvalue weighted by Crippen LogP contribution is -2.19.